The molecule has 1 aliphatic rings. The van der Waals surface area contributed by atoms with Gasteiger partial charge in [0.2, 0.25) is 0 Å². The van der Waals surface area contributed by atoms with Crippen LogP contribution < -0.4 is 0 Å². The zero-order valence-electron chi connectivity index (χ0n) is 19.8. The van der Waals surface area contributed by atoms with Gasteiger partial charge in [-0.25, -0.2) is 4.98 Å². The number of rotatable bonds is 4. The smallest absolute Gasteiger partial charge is 0.144 e. The third-order valence-corrected chi connectivity index (χ3v) is 7.14. The van der Waals surface area contributed by atoms with Gasteiger partial charge < -0.3 is 0 Å². The molecule has 1 aliphatic carbocycles. The third kappa shape index (κ3) is 3.38. The number of aromatic nitrogens is 2. The Morgan fingerprint density at radius 3 is 1.83 bits per heavy atom. The Hall–Kier alpha value is -4.69. The highest BCUT2D eigenvalue weighted by molar-refractivity contribution is 5.87. The highest BCUT2D eigenvalue weighted by atomic mass is 15.1. The average Bonchev–Trinajstić information content (AvgIpc) is 3.58. The van der Waals surface area contributed by atoms with Crippen LogP contribution in [0.2, 0.25) is 0 Å². The normalized spacial score (nSPS) is 11.8. The molecule has 1 aromatic heterocycles. The molecule has 0 aliphatic heterocycles. The summed E-state index contributed by atoms with van der Waals surface area (Å²) in [4.78, 5) is 4.87. The van der Waals surface area contributed by atoms with Crippen molar-refractivity contribution >= 4 is 0 Å². The summed E-state index contributed by atoms with van der Waals surface area (Å²) in [5.41, 5.74) is 12.5. The van der Waals surface area contributed by atoms with Crippen molar-refractivity contribution in [3.63, 3.8) is 0 Å². The summed E-state index contributed by atoms with van der Waals surface area (Å²) in [6.45, 7) is 0. The summed E-state index contributed by atoms with van der Waals surface area (Å²) in [7, 11) is 0. The van der Waals surface area contributed by atoms with E-state index in [-0.39, 0.29) is 0 Å². The molecule has 36 heavy (non-hydrogen) atoms. The van der Waals surface area contributed by atoms with Gasteiger partial charge in [-0.15, -0.1) is 0 Å². The van der Waals surface area contributed by atoms with Gasteiger partial charge in [-0.1, -0.05) is 115 Å². The lowest BCUT2D eigenvalue weighted by molar-refractivity contribution is 1.07. The molecule has 2 heteroatoms. The first-order valence-corrected chi connectivity index (χ1v) is 12.4. The predicted molar refractivity (Wildman–Crippen MR) is 148 cm³/mol. The Labute approximate surface area is 211 Å². The lowest BCUT2D eigenvalue weighted by Crippen LogP contribution is -2.02. The molecule has 0 amide bonds. The van der Waals surface area contributed by atoms with Crippen molar-refractivity contribution in [2.24, 2.45) is 0 Å². The van der Waals surface area contributed by atoms with Gasteiger partial charge in [0, 0.05) is 29.1 Å². The second-order valence-electron chi connectivity index (χ2n) is 9.26. The van der Waals surface area contributed by atoms with E-state index in [1.54, 1.807) is 0 Å². The van der Waals surface area contributed by atoms with Gasteiger partial charge in [0.05, 0.1) is 5.69 Å². The van der Waals surface area contributed by atoms with Gasteiger partial charge in [-0.2, -0.15) is 0 Å². The van der Waals surface area contributed by atoms with Crippen LogP contribution in [-0.2, 0) is 6.42 Å². The Bertz CT molecular complexity index is 1640. The summed E-state index contributed by atoms with van der Waals surface area (Å²) in [5.74, 6) is 0.953. The zero-order chi connectivity index (χ0) is 23.9. The van der Waals surface area contributed by atoms with E-state index in [9.17, 15) is 0 Å². The van der Waals surface area contributed by atoms with Gasteiger partial charge in [0.25, 0.3) is 0 Å². The Balaban J connectivity index is 1.43. The average molecular weight is 461 g/mol. The van der Waals surface area contributed by atoms with E-state index >= 15 is 0 Å². The molecule has 2 nitrogen and oxygen atoms in total. The highest BCUT2D eigenvalue weighted by Crippen LogP contribution is 2.40. The van der Waals surface area contributed by atoms with Gasteiger partial charge in [0.1, 0.15) is 5.82 Å². The van der Waals surface area contributed by atoms with Crippen LogP contribution in [0.1, 0.15) is 11.1 Å². The van der Waals surface area contributed by atoms with Crippen molar-refractivity contribution in [2.45, 2.75) is 6.42 Å². The second kappa shape index (κ2) is 8.51. The van der Waals surface area contributed by atoms with E-state index in [4.69, 9.17) is 4.98 Å². The van der Waals surface area contributed by atoms with Crippen LogP contribution in [0, 0.1) is 0 Å². The van der Waals surface area contributed by atoms with Crippen molar-refractivity contribution in [3.8, 4) is 50.5 Å². The van der Waals surface area contributed by atoms with Crippen LogP contribution in [0.4, 0.5) is 0 Å². The number of hydrogen-bond acceptors (Lipinski definition) is 1. The fourth-order valence-corrected chi connectivity index (χ4v) is 5.49. The number of fused-ring (bicyclic) bond motifs is 3. The van der Waals surface area contributed by atoms with Crippen LogP contribution in [-0.4, -0.2) is 9.55 Å². The molecular formula is C34H24N2. The number of hydrogen-bond donors (Lipinski definition) is 0. The van der Waals surface area contributed by atoms with Gasteiger partial charge in [-0.3, -0.25) is 4.57 Å². The summed E-state index contributed by atoms with van der Waals surface area (Å²) >= 11 is 0. The van der Waals surface area contributed by atoms with Crippen LogP contribution in [0.3, 0.4) is 0 Å². The SMILES string of the molecule is c1ccc(-c2cccc(-c3ccccc3)c2-n2ccnc2-c2ccc3c(c2)Cc2ccccc2-3)cc1. The van der Waals surface area contributed by atoms with Crippen LogP contribution in [0.5, 0.6) is 0 Å². The van der Waals surface area contributed by atoms with E-state index in [0.717, 1.165) is 23.5 Å². The summed E-state index contributed by atoms with van der Waals surface area (Å²) in [6, 6.07) is 43.3. The van der Waals surface area contributed by atoms with Crippen molar-refractivity contribution in [1.29, 1.82) is 0 Å². The molecule has 7 rings (SSSR count). The van der Waals surface area contributed by atoms with Crippen molar-refractivity contribution in [1.82, 2.24) is 9.55 Å². The minimum absolute atomic E-state index is 0.953. The fourth-order valence-electron chi connectivity index (χ4n) is 5.49. The number of benzene rings is 5. The summed E-state index contributed by atoms with van der Waals surface area (Å²) in [6.07, 6.45) is 4.97. The van der Waals surface area contributed by atoms with E-state index in [2.05, 4.69) is 132 Å². The fraction of sp³-hybridized carbons (Fsp3) is 0.0294. The first kappa shape index (κ1) is 20.7. The van der Waals surface area contributed by atoms with E-state index in [1.165, 1.54) is 44.5 Å². The van der Waals surface area contributed by atoms with Gasteiger partial charge in [-0.05, 0) is 45.9 Å². The Morgan fingerprint density at radius 1 is 0.500 bits per heavy atom. The number of imidazole rings is 1. The molecule has 0 fully saturated rings. The molecule has 0 unspecified atom stereocenters. The highest BCUT2D eigenvalue weighted by Gasteiger charge is 2.21. The first-order chi connectivity index (χ1) is 17.9. The molecule has 1 heterocycles. The number of para-hydroxylation sites is 1. The standard InChI is InChI=1S/C34H24N2/c1-3-10-24(11-4-1)31-16-9-17-32(25-12-5-2-6-13-25)33(31)36-21-20-35-34(36)27-18-19-30-28(23-27)22-26-14-7-8-15-29(26)30/h1-21,23H,22H2. The second-order valence-corrected chi connectivity index (χ2v) is 9.26. The van der Waals surface area contributed by atoms with Crippen molar-refractivity contribution < 1.29 is 0 Å². The summed E-state index contributed by atoms with van der Waals surface area (Å²) in [5, 5.41) is 0. The first-order valence-electron chi connectivity index (χ1n) is 12.4. The largest absolute Gasteiger partial charge is 0.299 e. The Kier molecular flexibility index (Phi) is 4.89. The molecule has 0 saturated heterocycles. The van der Waals surface area contributed by atoms with E-state index in [1.807, 2.05) is 6.20 Å². The maximum atomic E-state index is 4.87. The molecule has 6 aromatic rings. The zero-order valence-corrected chi connectivity index (χ0v) is 19.8. The van der Waals surface area contributed by atoms with Crippen LogP contribution in [0.25, 0.3) is 50.5 Å². The van der Waals surface area contributed by atoms with Crippen molar-refractivity contribution in [3.05, 3.63) is 145 Å². The van der Waals surface area contributed by atoms with Gasteiger partial charge in [0.15, 0.2) is 0 Å². The monoisotopic (exact) mass is 460 g/mol. The predicted octanol–water partition coefficient (Wildman–Crippen LogP) is 8.44. The minimum atomic E-state index is 0.953. The number of nitrogens with zero attached hydrogens (tertiary/aromatic N) is 2. The van der Waals surface area contributed by atoms with Crippen molar-refractivity contribution in [2.75, 3.05) is 0 Å². The molecule has 0 atom stereocenters. The van der Waals surface area contributed by atoms with Gasteiger partial charge >= 0.3 is 0 Å². The summed E-state index contributed by atoms with van der Waals surface area (Å²) < 4.78 is 2.26. The molecule has 0 bridgehead atoms. The molecule has 0 N–H and O–H groups in total. The van der Waals surface area contributed by atoms with E-state index < -0.39 is 0 Å². The molecule has 5 aromatic carbocycles. The lowest BCUT2D eigenvalue weighted by Gasteiger charge is -2.19. The lowest BCUT2D eigenvalue weighted by atomic mass is 9.95. The maximum absolute atomic E-state index is 4.87. The van der Waals surface area contributed by atoms with E-state index in [0.29, 0.717) is 0 Å². The minimum Gasteiger partial charge on any atom is -0.299 e. The molecule has 0 radical (unpaired) electrons. The van der Waals surface area contributed by atoms with Crippen LogP contribution >= 0.6 is 0 Å². The molecule has 0 saturated carbocycles. The van der Waals surface area contributed by atoms with Crippen LogP contribution in [0.15, 0.2) is 134 Å². The molecule has 170 valence electrons. The quantitative estimate of drug-likeness (QED) is 0.258. The molecular weight excluding hydrogens is 436 g/mol. The Morgan fingerprint density at radius 2 is 1.11 bits per heavy atom. The third-order valence-electron chi connectivity index (χ3n) is 7.14. The topological polar surface area (TPSA) is 17.8 Å². The maximum Gasteiger partial charge on any atom is 0.144 e. The molecule has 0 spiro atoms.